The molecule has 0 spiro atoms. The van der Waals surface area contributed by atoms with Gasteiger partial charge >= 0.3 is 0 Å². The van der Waals surface area contributed by atoms with E-state index in [1.54, 1.807) is 0 Å². The number of fused-ring (bicyclic) bond motifs is 2. The lowest BCUT2D eigenvalue weighted by molar-refractivity contribution is -0.117. The van der Waals surface area contributed by atoms with Crippen molar-refractivity contribution in [3.8, 4) is 17.2 Å². The summed E-state index contributed by atoms with van der Waals surface area (Å²) in [5.74, 6) is 3.94. The van der Waals surface area contributed by atoms with E-state index in [1.165, 1.54) is 11.1 Å². The molecule has 2 aliphatic heterocycles. The second kappa shape index (κ2) is 11.2. The fourth-order valence-corrected chi connectivity index (χ4v) is 5.77. The maximum absolute atomic E-state index is 13.2. The first-order chi connectivity index (χ1) is 19.5. The third kappa shape index (κ3) is 5.25. The van der Waals surface area contributed by atoms with Crippen LogP contribution in [0, 0.1) is 6.92 Å². The molecule has 0 aliphatic carbocycles. The standard InChI is InChI=1S/C33H37N3O4/c1-22(2)26-12-10-23(3)18-30(26)38-15-7-6-14-35-28-9-5-4-8-27(28)34-33(35)24-19-32(37)36(21-24)25-11-13-29-31(20-25)40-17-16-39-29/h4-5,8-13,18,20,22,24H,6-7,14-17,19,21H2,1-3H3. The van der Waals surface area contributed by atoms with Crippen molar-refractivity contribution in [3.63, 3.8) is 0 Å². The van der Waals surface area contributed by atoms with E-state index in [9.17, 15) is 4.79 Å². The third-order valence-electron chi connectivity index (χ3n) is 7.84. The summed E-state index contributed by atoms with van der Waals surface area (Å²) < 4.78 is 20.0. The Labute approximate surface area is 235 Å². The van der Waals surface area contributed by atoms with Crippen LogP contribution in [-0.2, 0) is 11.3 Å². The Kier molecular flexibility index (Phi) is 7.37. The molecule has 1 fully saturated rings. The van der Waals surface area contributed by atoms with Gasteiger partial charge in [0.15, 0.2) is 11.5 Å². The van der Waals surface area contributed by atoms with Crippen molar-refractivity contribution in [1.82, 2.24) is 9.55 Å². The molecule has 0 radical (unpaired) electrons. The number of carbonyl (C=O) groups excluding carboxylic acids is 1. The van der Waals surface area contributed by atoms with Gasteiger partial charge in [0, 0.05) is 37.2 Å². The number of carbonyl (C=O) groups is 1. The van der Waals surface area contributed by atoms with E-state index in [1.807, 2.05) is 29.2 Å². The number of para-hydroxylation sites is 2. The van der Waals surface area contributed by atoms with E-state index in [4.69, 9.17) is 19.2 Å². The predicted octanol–water partition coefficient (Wildman–Crippen LogP) is 6.62. The normalized spacial score (nSPS) is 16.8. The van der Waals surface area contributed by atoms with Crippen LogP contribution in [0.2, 0.25) is 0 Å². The third-order valence-corrected chi connectivity index (χ3v) is 7.84. The minimum absolute atomic E-state index is 0.0187. The van der Waals surface area contributed by atoms with Gasteiger partial charge in [0.05, 0.1) is 17.6 Å². The van der Waals surface area contributed by atoms with E-state index in [0.717, 1.165) is 53.4 Å². The highest BCUT2D eigenvalue weighted by atomic mass is 16.6. The Morgan fingerprint density at radius 1 is 1.00 bits per heavy atom. The van der Waals surface area contributed by atoms with Crippen molar-refractivity contribution in [2.75, 3.05) is 31.3 Å². The zero-order valence-corrected chi connectivity index (χ0v) is 23.6. The molecule has 3 heterocycles. The van der Waals surface area contributed by atoms with Crippen molar-refractivity contribution >= 4 is 22.6 Å². The summed E-state index contributed by atoms with van der Waals surface area (Å²) in [6.45, 7) is 9.67. The summed E-state index contributed by atoms with van der Waals surface area (Å²) in [5.41, 5.74) is 5.39. The van der Waals surface area contributed by atoms with Gasteiger partial charge in [-0.05, 0) is 67.1 Å². The zero-order valence-electron chi connectivity index (χ0n) is 23.6. The average molecular weight is 540 g/mol. The molecule has 6 rings (SSSR count). The van der Waals surface area contributed by atoms with E-state index in [-0.39, 0.29) is 11.8 Å². The van der Waals surface area contributed by atoms with Crippen molar-refractivity contribution in [1.29, 1.82) is 0 Å². The fourth-order valence-electron chi connectivity index (χ4n) is 5.77. The molecule has 0 bridgehead atoms. The van der Waals surface area contributed by atoms with Gasteiger partial charge in [0.1, 0.15) is 24.8 Å². The number of imidazole rings is 1. The summed E-state index contributed by atoms with van der Waals surface area (Å²) in [4.78, 5) is 20.1. The van der Waals surface area contributed by atoms with Crippen LogP contribution in [0.25, 0.3) is 11.0 Å². The van der Waals surface area contributed by atoms with Gasteiger partial charge < -0.3 is 23.7 Å². The number of ether oxygens (including phenoxy) is 3. The minimum atomic E-state index is 0.0187. The lowest BCUT2D eigenvalue weighted by Gasteiger charge is -2.22. The number of anilines is 1. The topological polar surface area (TPSA) is 65.8 Å². The first-order valence-corrected chi connectivity index (χ1v) is 14.4. The largest absolute Gasteiger partial charge is 0.493 e. The molecule has 2 aliphatic rings. The lowest BCUT2D eigenvalue weighted by Crippen LogP contribution is -2.25. The van der Waals surface area contributed by atoms with Crippen molar-refractivity contribution in [2.24, 2.45) is 0 Å². The molecule has 0 N–H and O–H groups in total. The number of hydrogen-bond donors (Lipinski definition) is 0. The van der Waals surface area contributed by atoms with E-state index >= 15 is 0 Å². The number of hydrogen-bond acceptors (Lipinski definition) is 5. The predicted molar refractivity (Wildman–Crippen MR) is 157 cm³/mol. The van der Waals surface area contributed by atoms with Gasteiger partial charge in [-0.15, -0.1) is 0 Å². The molecule has 4 aromatic rings. The number of amides is 1. The van der Waals surface area contributed by atoms with E-state index < -0.39 is 0 Å². The summed E-state index contributed by atoms with van der Waals surface area (Å²) in [5, 5.41) is 0. The number of aryl methyl sites for hydroxylation is 2. The van der Waals surface area contributed by atoms with Crippen LogP contribution < -0.4 is 19.1 Å². The summed E-state index contributed by atoms with van der Waals surface area (Å²) in [6.07, 6.45) is 2.33. The molecule has 1 atom stereocenters. The maximum Gasteiger partial charge on any atom is 0.227 e. The highest BCUT2D eigenvalue weighted by Crippen LogP contribution is 2.38. The molecule has 7 heteroatoms. The van der Waals surface area contributed by atoms with Crippen LogP contribution in [-0.4, -0.2) is 41.8 Å². The second-order valence-electron chi connectivity index (χ2n) is 11.1. The minimum Gasteiger partial charge on any atom is -0.493 e. The fraction of sp³-hybridized carbons (Fsp3) is 0.394. The molecular weight excluding hydrogens is 502 g/mol. The van der Waals surface area contributed by atoms with E-state index in [2.05, 4.69) is 61.7 Å². The Hall–Kier alpha value is -4.00. The molecule has 1 unspecified atom stereocenters. The zero-order chi connectivity index (χ0) is 27.6. The molecule has 7 nitrogen and oxygen atoms in total. The van der Waals surface area contributed by atoms with Gasteiger partial charge in [-0.1, -0.05) is 38.1 Å². The quantitative estimate of drug-likeness (QED) is 0.224. The van der Waals surface area contributed by atoms with Gasteiger partial charge in [0.2, 0.25) is 5.91 Å². The van der Waals surface area contributed by atoms with Gasteiger partial charge in [-0.25, -0.2) is 4.98 Å². The highest BCUT2D eigenvalue weighted by molar-refractivity contribution is 5.97. The number of aromatic nitrogens is 2. The van der Waals surface area contributed by atoms with Crippen LogP contribution >= 0.6 is 0 Å². The Morgan fingerprint density at radius 3 is 2.67 bits per heavy atom. The van der Waals surface area contributed by atoms with Crippen LogP contribution in [0.1, 0.15) is 61.9 Å². The molecular formula is C33H37N3O4. The monoisotopic (exact) mass is 539 g/mol. The smallest absolute Gasteiger partial charge is 0.227 e. The van der Waals surface area contributed by atoms with Crippen molar-refractivity contribution in [2.45, 2.75) is 58.4 Å². The lowest BCUT2D eigenvalue weighted by atomic mass is 10.0. The maximum atomic E-state index is 13.2. The van der Waals surface area contributed by atoms with Gasteiger partial charge in [0.25, 0.3) is 0 Å². The Bertz CT molecular complexity index is 1530. The summed E-state index contributed by atoms with van der Waals surface area (Å²) >= 11 is 0. The summed E-state index contributed by atoms with van der Waals surface area (Å²) in [6, 6.07) is 20.5. The first-order valence-electron chi connectivity index (χ1n) is 14.4. The van der Waals surface area contributed by atoms with Crippen LogP contribution in [0.4, 0.5) is 5.69 Å². The number of unbranched alkanes of at least 4 members (excludes halogenated alkanes) is 1. The number of benzene rings is 3. The molecule has 0 saturated carbocycles. The SMILES string of the molecule is Cc1ccc(C(C)C)c(OCCCCn2c(C3CC(=O)N(c4ccc5c(c4)OCCO5)C3)nc3ccccc32)c1. The average Bonchev–Trinajstić information content (AvgIpc) is 3.53. The van der Waals surface area contributed by atoms with Crippen LogP contribution in [0.3, 0.4) is 0 Å². The van der Waals surface area contributed by atoms with Gasteiger partial charge in [-0.2, -0.15) is 0 Å². The van der Waals surface area contributed by atoms with Crippen molar-refractivity contribution < 1.29 is 19.0 Å². The summed E-state index contributed by atoms with van der Waals surface area (Å²) in [7, 11) is 0. The first kappa shape index (κ1) is 26.2. The van der Waals surface area contributed by atoms with Crippen LogP contribution in [0.15, 0.2) is 60.7 Å². The van der Waals surface area contributed by atoms with E-state index in [0.29, 0.717) is 44.5 Å². The highest BCUT2D eigenvalue weighted by Gasteiger charge is 2.35. The Morgan fingerprint density at radius 2 is 1.82 bits per heavy atom. The number of rotatable bonds is 9. The molecule has 1 saturated heterocycles. The molecule has 40 heavy (non-hydrogen) atoms. The second-order valence-corrected chi connectivity index (χ2v) is 11.1. The Balaban J connectivity index is 1.16. The molecule has 3 aromatic carbocycles. The van der Waals surface area contributed by atoms with Crippen LogP contribution in [0.5, 0.6) is 17.2 Å². The van der Waals surface area contributed by atoms with Crippen molar-refractivity contribution in [3.05, 3.63) is 77.6 Å². The molecule has 1 aromatic heterocycles. The number of nitrogens with zero attached hydrogens (tertiary/aromatic N) is 3. The van der Waals surface area contributed by atoms with Gasteiger partial charge in [-0.3, -0.25) is 4.79 Å². The molecule has 1 amide bonds. The molecule has 208 valence electrons.